The first-order chi connectivity index (χ1) is 8.36. The smallest absolute Gasteiger partial charge is 0.0314 e. The summed E-state index contributed by atoms with van der Waals surface area (Å²) in [6.07, 6.45) is 2.16. The zero-order valence-corrected chi connectivity index (χ0v) is 13.1. The summed E-state index contributed by atoms with van der Waals surface area (Å²) in [5.74, 6) is 1.17. The largest absolute Gasteiger partial charge is 0.399 e. The van der Waals surface area contributed by atoms with E-state index in [1.54, 1.807) is 0 Å². The van der Waals surface area contributed by atoms with Crippen molar-refractivity contribution >= 4 is 17.4 Å². The standard InChI is InChI=1S/C15H26N2S/c1-12(10-18-5)17(4)11-15(2,3)13-6-8-14(16)9-7-13/h6-9,12H,10-11,16H2,1-5H3. The lowest BCUT2D eigenvalue weighted by Gasteiger charge is -2.34. The lowest BCUT2D eigenvalue weighted by atomic mass is 9.84. The number of nitrogens with zero attached hydrogens (tertiary/aromatic N) is 1. The predicted octanol–water partition coefficient (Wildman–Crippen LogP) is 3.23. The first kappa shape index (κ1) is 15.4. The predicted molar refractivity (Wildman–Crippen MR) is 84.4 cm³/mol. The van der Waals surface area contributed by atoms with E-state index < -0.39 is 0 Å². The molecule has 0 amide bonds. The monoisotopic (exact) mass is 266 g/mol. The van der Waals surface area contributed by atoms with Crippen LogP contribution >= 0.6 is 11.8 Å². The number of hydrogen-bond acceptors (Lipinski definition) is 3. The first-order valence-electron chi connectivity index (χ1n) is 6.42. The van der Waals surface area contributed by atoms with Gasteiger partial charge in [-0.1, -0.05) is 26.0 Å². The molecule has 0 spiro atoms. The highest BCUT2D eigenvalue weighted by Crippen LogP contribution is 2.25. The van der Waals surface area contributed by atoms with E-state index in [1.807, 2.05) is 23.9 Å². The van der Waals surface area contributed by atoms with E-state index in [4.69, 9.17) is 5.73 Å². The van der Waals surface area contributed by atoms with Crippen LogP contribution in [0.15, 0.2) is 24.3 Å². The average Bonchev–Trinajstić information content (AvgIpc) is 2.29. The molecule has 0 radical (unpaired) electrons. The summed E-state index contributed by atoms with van der Waals surface area (Å²) in [5, 5.41) is 0. The first-order valence-corrected chi connectivity index (χ1v) is 7.81. The van der Waals surface area contributed by atoms with Gasteiger partial charge >= 0.3 is 0 Å². The second-order valence-electron chi connectivity index (χ2n) is 5.73. The molecule has 0 fully saturated rings. The van der Waals surface area contributed by atoms with Crippen molar-refractivity contribution in [2.45, 2.75) is 32.2 Å². The molecule has 1 atom stereocenters. The van der Waals surface area contributed by atoms with Gasteiger partial charge in [-0.25, -0.2) is 0 Å². The fourth-order valence-corrected chi connectivity index (χ4v) is 2.91. The quantitative estimate of drug-likeness (QED) is 0.802. The average molecular weight is 266 g/mol. The van der Waals surface area contributed by atoms with Gasteiger partial charge in [-0.15, -0.1) is 0 Å². The normalized spacial score (nSPS) is 13.9. The highest BCUT2D eigenvalue weighted by Gasteiger charge is 2.24. The molecule has 0 aromatic heterocycles. The maximum atomic E-state index is 5.75. The topological polar surface area (TPSA) is 29.3 Å². The molecule has 1 rings (SSSR count). The Kier molecular flexibility index (Phi) is 5.54. The van der Waals surface area contributed by atoms with E-state index in [0.29, 0.717) is 6.04 Å². The molecule has 1 aromatic carbocycles. The number of nitrogens with two attached hydrogens (primary N) is 1. The van der Waals surface area contributed by atoms with Crippen LogP contribution in [-0.4, -0.2) is 36.5 Å². The SMILES string of the molecule is CSCC(C)N(C)CC(C)(C)c1ccc(N)cc1. The molecule has 0 bridgehead atoms. The minimum atomic E-state index is 0.148. The Balaban J connectivity index is 2.71. The Morgan fingerprint density at radius 1 is 1.28 bits per heavy atom. The molecule has 0 heterocycles. The minimum absolute atomic E-state index is 0.148. The van der Waals surface area contributed by atoms with Crippen LogP contribution in [0.2, 0.25) is 0 Å². The molecule has 2 N–H and O–H groups in total. The van der Waals surface area contributed by atoms with Crippen LogP contribution in [-0.2, 0) is 5.41 Å². The van der Waals surface area contributed by atoms with Crippen molar-refractivity contribution in [3.05, 3.63) is 29.8 Å². The fraction of sp³-hybridized carbons (Fsp3) is 0.600. The number of anilines is 1. The van der Waals surface area contributed by atoms with Crippen LogP contribution in [0.3, 0.4) is 0 Å². The van der Waals surface area contributed by atoms with Crippen molar-refractivity contribution in [1.82, 2.24) is 4.90 Å². The maximum absolute atomic E-state index is 5.75. The molecule has 0 saturated carbocycles. The van der Waals surface area contributed by atoms with Crippen LogP contribution in [0.4, 0.5) is 5.69 Å². The summed E-state index contributed by atoms with van der Waals surface area (Å²) in [4.78, 5) is 2.44. The van der Waals surface area contributed by atoms with E-state index in [2.05, 4.69) is 51.1 Å². The van der Waals surface area contributed by atoms with E-state index in [-0.39, 0.29) is 5.41 Å². The van der Waals surface area contributed by atoms with Gasteiger partial charge in [0.15, 0.2) is 0 Å². The maximum Gasteiger partial charge on any atom is 0.0314 e. The molecule has 0 aliphatic heterocycles. The van der Waals surface area contributed by atoms with E-state index in [9.17, 15) is 0 Å². The third-order valence-corrected chi connectivity index (χ3v) is 4.31. The van der Waals surface area contributed by atoms with E-state index >= 15 is 0 Å². The molecular weight excluding hydrogens is 240 g/mol. The van der Waals surface area contributed by atoms with Crippen molar-refractivity contribution in [3.63, 3.8) is 0 Å². The van der Waals surface area contributed by atoms with Crippen molar-refractivity contribution in [3.8, 4) is 0 Å². The Morgan fingerprint density at radius 2 is 1.83 bits per heavy atom. The fourth-order valence-electron chi connectivity index (χ4n) is 2.17. The molecule has 1 aromatic rings. The number of likely N-dealkylation sites (N-methyl/N-ethyl adjacent to an activating group) is 1. The van der Waals surface area contributed by atoms with Crippen LogP contribution in [0.5, 0.6) is 0 Å². The molecule has 0 saturated heterocycles. The van der Waals surface area contributed by atoms with Crippen LogP contribution in [0.1, 0.15) is 26.3 Å². The number of hydrogen-bond donors (Lipinski definition) is 1. The Bertz CT molecular complexity index is 359. The molecule has 0 aliphatic carbocycles. The van der Waals surface area contributed by atoms with Crippen molar-refractivity contribution in [2.75, 3.05) is 31.3 Å². The van der Waals surface area contributed by atoms with E-state index in [0.717, 1.165) is 12.2 Å². The Hall–Kier alpha value is -0.670. The van der Waals surface area contributed by atoms with E-state index in [1.165, 1.54) is 11.3 Å². The number of rotatable bonds is 6. The summed E-state index contributed by atoms with van der Waals surface area (Å²) in [6, 6.07) is 8.86. The summed E-state index contributed by atoms with van der Waals surface area (Å²) in [6.45, 7) is 7.93. The zero-order chi connectivity index (χ0) is 13.8. The van der Waals surface area contributed by atoms with Crippen molar-refractivity contribution in [2.24, 2.45) is 0 Å². The molecule has 18 heavy (non-hydrogen) atoms. The van der Waals surface area contributed by atoms with Crippen LogP contribution in [0, 0.1) is 0 Å². The van der Waals surface area contributed by atoms with Crippen molar-refractivity contribution in [1.29, 1.82) is 0 Å². The molecule has 0 aliphatic rings. The molecule has 1 unspecified atom stereocenters. The summed E-state index contributed by atoms with van der Waals surface area (Å²) >= 11 is 1.90. The van der Waals surface area contributed by atoms with Gasteiger partial charge in [0.1, 0.15) is 0 Å². The second-order valence-corrected chi connectivity index (χ2v) is 6.64. The lowest BCUT2D eigenvalue weighted by Crippen LogP contribution is -2.40. The third-order valence-electron chi connectivity index (χ3n) is 3.50. The van der Waals surface area contributed by atoms with Gasteiger partial charge in [0.05, 0.1) is 0 Å². The third kappa shape index (κ3) is 4.21. The summed E-state index contributed by atoms with van der Waals surface area (Å²) in [5.41, 5.74) is 8.07. The Morgan fingerprint density at radius 3 is 2.33 bits per heavy atom. The van der Waals surface area contributed by atoms with Gasteiger partial charge in [0, 0.05) is 29.4 Å². The van der Waals surface area contributed by atoms with Gasteiger partial charge < -0.3 is 10.6 Å². The summed E-state index contributed by atoms with van der Waals surface area (Å²) in [7, 11) is 2.21. The molecular formula is C15H26N2S. The number of thioether (sulfide) groups is 1. The highest BCUT2D eigenvalue weighted by molar-refractivity contribution is 7.98. The molecule has 3 heteroatoms. The van der Waals surface area contributed by atoms with Crippen molar-refractivity contribution < 1.29 is 0 Å². The minimum Gasteiger partial charge on any atom is -0.399 e. The lowest BCUT2D eigenvalue weighted by molar-refractivity contribution is 0.226. The van der Waals surface area contributed by atoms with Gasteiger partial charge in [-0.05, 0) is 37.9 Å². The van der Waals surface area contributed by atoms with Gasteiger partial charge in [0.2, 0.25) is 0 Å². The Labute approximate surface area is 116 Å². The number of nitrogen functional groups attached to an aromatic ring is 1. The summed E-state index contributed by atoms with van der Waals surface area (Å²) < 4.78 is 0. The molecule has 2 nitrogen and oxygen atoms in total. The van der Waals surface area contributed by atoms with Crippen LogP contribution < -0.4 is 5.73 Å². The number of benzene rings is 1. The van der Waals surface area contributed by atoms with Gasteiger partial charge in [0.25, 0.3) is 0 Å². The second kappa shape index (κ2) is 6.48. The van der Waals surface area contributed by atoms with Gasteiger partial charge in [-0.2, -0.15) is 11.8 Å². The van der Waals surface area contributed by atoms with Gasteiger partial charge in [-0.3, -0.25) is 0 Å². The van der Waals surface area contributed by atoms with Crippen LogP contribution in [0.25, 0.3) is 0 Å². The molecule has 102 valence electrons. The highest BCUT2D eigenvalue weighted by atomic mass is 32.2. The zero-order valence-electron chi connectivity index (χ0n) is 12.2.